The second-order valence-electron chi connectivity index (χ2n) is 3.01. The van der Waals surface area contributed by atoms with Crippen LogP contribution in [0, 0.1) is 0 Å². The molecule has 0 bridgehead atoms. The summed E-state index contributed by atoms with van der Waals surface area (Å²) < 4.78 is 1.48. The number of carboxylic acid groups (broad SMARTS) is 1. The standard InChI is InChI=1S/C9H4BrCl2N3O2/c10-6-3-5(9(16)17)15(14-6)8-4(11)1-2-7(12)13-8/h1-3H,(H,16,17). The molecule has 0 fully saturated rings. The topological polar surface area (TPSA) is 68.0 Å². The molecule has 0 saturated heterocycles. The van der Waals surface area contributed by atoms with Gasteiger partial charge in [-0.15, -0.1) is 0 Å². The predicted molar refractivity (Wildman–Crippen MR) is 66.0 cm³/mol. The summed E-state index contributed by atoms with van der Waals surface area (Å²) in [5.74, 6) is -0.969. The largest absolute Gasteiger partial charge is 0.477 e. The molecule has 2 heterocycles. The summed E-state index contributed by atoms with van der Waals surface area (Å²) in [5.41, 5.74) is -0.0615. The van der Waals surface area contributed by atoms with E-state index in [1.165, 1.54) is 18.2 Å². The minimum Gasteiger partial charge on any atom is -0.477 e. The van der Waals surface area contributed by atoms with E-state index in [1.807, 2.05) is 0 Å². The third-order valence-corrected chi connectivity index (χ3v) is 2.79. The van der Waals surface area contributed by atoms with Gasteiger partial charge in [-0.25, -0.2) is 14.5 Å². The van der Waals surface area contributed by atoms with Crippen LogP contribution in [0.25, 0.3) is 5.82 Å². The maximum atomic E-state index is 11.0. The second kappa shape index (κ2) is 4.64. The number of aromatic carboxylic acids is 1. The van der Waals surface area contributed by atoms with Gasteiger partial charge >= 0.3 is 5.97 Å². The first-order valence-electron chi connectivity index (χ1n) is 4.30. The minimum atomic E-state index is -1.14. The molecule has 2 aromatic rings. The Bertz CT molecular complexity index is 600. The fourth-order valence-corrected chi connectivity index (χ4v) is 1.93. The monoisotopic (exact) mass is 335 g/mol. The first-order valence-corrected chi connectivity index (χ1v) is 5.85. The summed E-state index contributed by atoms with van der Waals surface area (Å²) in [6, 6.07) is 4.38. The van der Waals surface area contributed by atoms with Crippen LogP contribution >= 0.6 is 39.1 Å². The normalized spacial score (nSPS) is 10.5. The number of carboxylic acids is 1. The van der Waals surface area contributed by atoms with Gasteiger partial charge in [-0.05, 0) is 28.1 Å². The summed E-state index contributed by atoms with van der Waals surface area (Å²) >= 11 is 14.8. The van der Waals surface area contributed by atoms with Gasteiger partial charge < -0.3 is 5.11 Å². The Morgan fingerprint density at radius 2 is 2.12 bits per heavy atom. The van der Waals surface area contributed by atoms with E-state index < -0.39 is 5.97 Å². The summed E-state index contributed by atoms with van der Waals surface area (Å²) in [7, 11) is 0. The number of pyridine rings is 1. The van der Waals surface area contributed by atoms with Gasteiger partial charge in [-0.3, -0.25) is 0 Å². The Labute approximate surface area is 114 Å². The van der Waals surface area contributed by atoms with E-state index in [0.29, 0.717) is 4.60 Å². The molecule has 0 spiro atoms. The molecule has 0 aliphatic heterocycles. The lowest BCUT2D eigenvalue weighted by atomic mass is 10.4. The third kappa shape index (κ3) is 2.43. The Morgan fingerprint density at radius 1 is 1.41 bits per heavy atom. The highest BCUT2D eigenvalue weighted by atomic mass is 79.9. The second-order valence-corrected chi connectivity index (χ2v) is 4.62. The van der Waals surface area contributed by atoms with Crippen LogP contribution in [-0.4, -0.2) is 25.8 Å². The van der Waals surface area contributed by atoms with Gasteiger partial charge in [0.25, 0.3) is 0 Å². The zero-order valence-electron chi connectivity index (χ0n) is 8.06. The van der Waals surface area contributed by atoms with Gasteiger partial charge in [0.2, 0.25) is 0 Å². The number of halogens is 3. The maximum absolute atomic E-state index is 11.0. The van der Waals surface area contributed by atoms with Crippen molar-refractivity contribution in [3.05, 3.63) is 38.7 Å². The van der Waals surface area contributed by atoms with E-state index in [0.717, 1.165) is 4.68 Å². The summed E-state index contributed by atoms with van der Waals surface area (Å²) in [5, 5.41) is 13.4. The van der Waals surface area contributed by atoms with Gasteiger partial charge in [0, 0.05) is 6.07 Å². The fourth-order valence-electron chi connectivity index (χ4n) is 1.22. The molecule has 0 saturated carbocycles. The van der Waals surface area contributed by atoms with Crippen molar-refractivity contribution in [3.8, 4) is 5.82 Å². The molecule has 0 radical (unpaired) electrons. The molecule has 8 heteroatoms. The number of hydrogen-bond donors (Lipinski definition) is 1. The predicted octanol–water partition coefficient (Wildman–Crippen LogP) is 3.03. The van der Waals surface area contributed by atoms with Gasteiger partial charge in [0.05, 0.1) is 5.02 Å². The molecule has 0 aromatic carbocycles. The Hall–Kier alpha value is -1.11. The van der Waals surface area contributed by atoms with Crippen molar-refractivity contribution in [3.63, 3.8) is 0 Å². The van der Waals surface area contributed by atoms with E-state index in [4.69, 9.17) is 28.3 Å². The molecule has 2 rings (SSSR count). The molecular weight excluding hydrogens is 333 g/mol. The zero-order valence-corrected chi connectivity index (χ0v) is 11.2. The van der Waals surface area contributed by atoms with Gasteiger partial charge in [-0.2, -0.15) is 5.10 Å². The highest BCUT2D eigenvalue weighted by molar-refractivity contribution is 9.10. The molecule has 0 amide bonds. The van der Waals surface area contributed by atoms with Crippen molar-refractivity contribution in [2.24, 2.45) is 0 Å². The molecule has 1 N–H and O–H groups in total. The molecular formula is C9H4BrCl2N3O2. The smallest absolute Gasteiger partial charge is 0.354 e. The van der Waals surface area contributed by atoms with Crippen molar-refractivity contribution < 1.29 is 9.90 Å². The van der Waals surface area contributed by atoms with Crippen LogP contribution in [-0.2, 0) is 0 Å². The Balaban J connectivity index is 2.67. The minimum absolute atomic E-state index is 0.0615. The lowest BCUT2D eigenvalue weighted by Crippen LogP contribution is -2.10. The SMILES string of the molecule is O=C(O)c1cc(Br)nn1-c1nc(Cl)ccc1Cl. The average molecular weight is 337 g/mol. The van der Waals surface area contributed by atoms with Crippen LogP contribution in [0.3, 0.4) is 0 Å². The molecule has 2 aromatic heterocycles. The van der Waals surface area contributed by atoms with Crippen LogP contribution in [0.15, 0.2) is 22.8 Å². The number of rotatable bonds is 2. The molecule has 88 valence electrons. The van der Waals surface area contributed by atoms with Crippen LogP contribution in [0.4, 0.5) is 0 Å². The molecule has 0 atom stereocenters. The molecule has 5 nitrogen and oxygen atoms in total. The van der Waals surface area contributed by atoms with Gasteiger partial charge in [0.15, 0.2) is 11.5 Å². The molecule has 0 unspecified atom stereocenters. The van der Waals surface area contributed by atoms with E-state index in [1.54, 1.807) is 0 Å². The average Bonchev–Trinajstić information content (AvgIpc) is 2.64. The van der Waals surface area contributed by atoms with Gasteiger partial charge in [-0.1, -0.05) is 23.2 Å². The number of aromatic nitrogens is 3. The Morgan fingerprint density at radius 3 is 2.76 bits per heavy atom. The van der Waals surface area contributed by atoms with Crippen LogP contribution in [0.5, 0.6) is 0 Å². The number of hydrogen-bond acceptors (Lipinski definition) is 3. The highest BCUT2D eigenvalue weighted by Crippen LogP contribution is 2.23. The molecule has 0 aliphatic carbocycles. The third-order valence-electron chi connectivity index (χ3n) is 1.89. The van der Waals surface area contributed by atoms with E-state index >= 15 is 0 Å². The first-order chi connectivity index (χ1) is 7.99. The first kappa shape index (κ1) is 12.3. The van der Waals surface area contributed by atoms with E-state index in [9.17, 15) is 4.79 Å². The zero-order chi connectivity index (χ0) is 12.6. The Kier molecular flexibility index (Phi) is 3.37. The van der Waals surface area contributed by atoms with Crippen molar-refractivity contribution in [2.45, 2.75) is 0 Å². The summed E-state index contributed by atoms with van der Waals surface area (Å²) in [4.78, 5) is 15.0. The fraction of sp³-hybridized carbons (Fsp3) is 0. The van der Waals surface area contributed by atoms with Crippen molar-refractivity contribution in [2.75, 3.05) is 0 Å². The highest BCUT2D eigenvalue weighted by Gasteiger charge is 2.17. The van der Waals surface area contributed by atoms with Gasteiger partial charge in [0.1, 0.15) is 9.76 Å². The van der Waals surface area contributed by atoms with Crippen molar-refractivity contribution in [1.29, 1.82) is 0 Å². The summed E-state index contributed by atoms with van der Waals surface area (Å²) in [6.45, 7) is 0. The molecule has 17 heavy (non-hydrogen) atoms. The van der Waals surface area contributed by atoms with Crippen LogP contribution in [0.2, 0.25) is 10.2 Å². The summed E-state index contributed by atoms with van der Waals surface area (Å²) in [6.07, 6.45) is 0. The molecule has 0 aliphatic rings. The van der Waals surface area contributed by atoms with Crippen LogP contribution < -0.4 is 0 Å². The number of nitrogens with zero attached hydrogens (tertiary/aromatic N) is 3. The number of carbonyl (C=O) groups is 1. The maximum Gasteiger partial charge on any atom is 0.354 e. The van der Waals surface area contributed by atoms with E-state index in [2.05, 4.69) is 26.0 Å². The van der Waals surface area contributed by atoms with Crippen LogP contribution in [0.1, 0.15) is 10.5 Å². The lowest BCUT2D eigenvalue weighted by molar-refractivity contribution is 0.0687. The quantitative estimate of drug-likeness (QED) is 0.856. The lowest BCUT2D eigenvalue weighted by Gasteiger charge is -2.05. The van der Waals surface area contributed by atoms with Crippen molar-refractivity contribution in [1.82, 2.24) is 14.8 Å². The van der Waals surface area contributed by atoms with E-state index in [-0.39, 0.29) is 21.7 Å². The van der Waals surface area contributed by atoms with Crippen molar-refractivity contribution >= 4 is 45.1 Å².